The van der Waals surface area contributed by atoms with Crippen molar-refractivity contribution in [2.45, 2.75) is 32.2 Å². The molecular formula is C13H16BrNO. The second kappa shape index (κ2) is 5.00. The molecule has 1 aliphatic rings. The van der Waals surface area contributed by atoms with Crippen molar-refractivity contribution >= 4 is 27.9 Å². The van der Waals surface area contributed by atoms with Gasteiger partial charge in [0, 0.05) is 28.3 Å². The molecule has 0 spiro atoms. The van der Waals surface area contributed by atoms with Crippen LogP contribution < -0.4 is 4.90 Å². The van der Waals surface area contributed by atoms with Crippen molar-refractivity contribution in [1.29, 1.82) is 0 Å². The third kappa shape index (κ3) is 2.14. The van der Waals surface area contributed by atoms with E-state index in [1.807, 2.05) is 18.2 Å². The van der Waals surface area contributed by atoms with E-state index in [2.05, 4.69) is 27.8 Å². The molecular weight excluding hydrogens is 266 g/mol. The van der Waals surface area contributed by atoms with E-state index in [9.17, 15) is 4.79 Å². The molecule has 1 aromatic carbocycles. The molecule has 0 bridgehead atoms. The Morgan fingerprint density at radius 2 is 2.38 bits per heavy atom. The minimum Gasteiger partial charge on any atom is -0.368 e. The van der Waals surface area contributed by atoms with Crippen LogP contribution in [-0.4, -0.2) is 18.9 Å². The number of hydrogen-bond acceptors (Lipinski definition) is 2. The number of carbonyl (C=O) groups is 1. The topological polar surface area (TPSA) is 20.3 Å². The van der Waals surface area contributed by atoms with Crippen LogP contribution in [0.1, 0.15) is 36.5 Å². The van der Waals surface area contributed by atoms with Crippen molar-refractivity contribution in [3.05, 3.63) is 28.2 Å². The Kier molecular flexibility index (Phi) is 3.64. The Bertz CT molecular complexity index is 392. The maximum atomic E-state index is 11.1. The molecule has 1 fully saturated rings. The second-order valence-electron chi connectivity index (χ2n) is 4.22. The number of aldehydes is 1. The summed E-state index contributed by atoms with van der Waals surface area (Å²) >= 11 is 3.40. The zero-order valence-corrected chi connectivity index (χ0v) is 11.0. The largest absolute Gasteiger partial charge is 0.368 e. The first kappa shape index (κ1) is 11.6. The average Bonchev–Trinajstić information content (AvgIpc) is 2.76. The van der Waals surface area contributed by atoms with Crippen molar-refractivity contribution in [3.63, 3.8) is 0 Å². The second-order valence-corrected chi connectivity index (χ2v) is 5.13. The predicted octanol–water partition coefficient (Wildman–Crippen LogP) is 3.64. The first-order chi connectivity index (χ1) is 7.76. The van der Waals surface area contributed by atoms with Crippen LogP contribution in [0, 0.1) is 0 Å². The minimum absolute atomic E-state index is 0.597. The fourth-order valence-corrected chi connectivity index (χ4v) is 2.84. The van der Waals surface area contributed by atoms with Crippen LogP contribution in [0.15, 0.2) is 22.7 Å². The van der Waals surface area contributed by atoms with Gasteiger partial charge in [0.2, 0.25) is 0 Å². The molecule has 0 saturated carbocycles. The summed E-state index contributed by atoms with van der Waals surface area (Å²) in [5, 5.41) is 0. The third-order valence-corrected chi connectivity index (χ3v) is 3.77. The van der Waals surface area contributed by atoms with Crippen LogP contribution in [0.5, 0.6) is 0 Å². The van der Waals surface area contributed by atoms with Crippen molar-refractivity contribution in [2.75, 3.05) is 11.4 Å². The molecule has 1 atom stereocenters. The highest BCUT2D eigenvalue weighted by Crippen LogP contribution is 2.30. The summed E-state index contributed by atoms with van der Waals surface area (Å²) < 4.78 is 0.964. The molecule has 0 aromatic heterocycles. The van der Waals surface area contributed by atoms with Gasteiger partial charge in [-0.1, -0.05) is 22.9 Å². The summed E-state index contributed by atoms with van der Waals surface area (Å²) in [5.41, 5.74) is 1.87. The molecule has 2 rings (SSSR count). The number of carbonyl (C=O) groups excluding carboxylic acids is 1. The maximum absolute atomic E-state index is 11.1. The van der Waals surface area contributed by atoms with E-state index in [1.54, 1.807) is 0 Å². The Hall–Kier alpha value is -0.830. The molecule has 1 unspecified atom stereocenters. The average molecular weight is 282 g/mol. The van der Waals surface area contributed by atoms with Gasteiger partial charge in [0.05, 0.1) is 0 Å². The lowest BCUT2D eigenvalue weighted by Crippen LogP contribution is -2.29. The molecule has 3 heteroatoms. The normalized spacial score (nSPS) is 20.1. The van der Waals surface area contributed by atoms with Crippen molar-refractivity contribution in [1.82, 2.24) is 0 Å². The first-order valence-corrected chi connectivity index (χ1v) is 6.57. The number of hydrogen-bond donors (Lipinski definition) is 0. The van der Waals surface area contributed by atoms with Crippen LogP contribution in [0.4, 0.5) is 5.69 Å². The van der Waals surface area contributed by atoms with Crippen LogP contribution in [0.2, 0.25) is 0 Å². The standard InChI is InChI=1S/C13H16BrNO/c1-2-12-4-3-7-15(12)13-6-5-11(14)8-10(13)9-16/h5-6,8-9,12H,2-4,7H2,1H3. The SMILES string of the molecule is CCC1CCCN1c1ccc(Br)cc1C=O. The zero-order valence-electron chi connectivity index (χ0n) is 9.45. The van der Waals surface area contributed by atoms with Crippen LogP contribution in [-0.2, 0) is 0 Å². The Morgan fingerprint density at radius 1 is 1.56 bits per heavy atom. The summed E-state index contributed by atoms with van der Waals surface area (Å²) in [6, 6.07) is 6.54. The fourth-order valence-electron chi connectivity index (χ4n) is 2.46. The van der Waals surface area contributed by atoms with Gasteiger partial charge in [-0.2, -0.15) is 0 Å². The van der Waals surface area contributed by atoms with E-state index in [4.69, 9.17) is 0 Å². The van der Waals surface area contributed by atoms with Gasteiger partial charge in [-0.15, -0.1) is 0 Å². The van der Waals surface area contributed by atoms with E-state index >= 15 is 0 Å². The molecule has 1 aromatic rings. The molecule has 0 amide bonds. The number of benzene rings is 1. The molecule has 1 saturated heterocycles. The highest BCUT2D eigenvalue weighted by Gasteiger charge is 2.24. The molecule has 0 N–H and O–H groups in total. The number of anilines is 1. The quantitative estimate of drug-likeness (QED) is 0.789. The summed E-state index contributed by atoms with van der Waals surface area (Å²) in [6.07, 6.45) is 4.57. The number of rotatable bonds is 3. The summed E-state index contributed by atoms with van der Waals surface area (Å²) in [5.74, 6) is 0. The van der Waals surface area contributed by atoms with Crippen LogP contribution in [0.25, 0.3) is 0 Å². The first-order valence-electron chi connectivity index (χ1n) is 5.77. The molecule has 1 aliphatic heterocycles. The Labute approximate surface area is 105 Å². The molecule has 16 heavy (non-hydrogen) atoms. The zero-order chi connectivity index (χ0) is 11.5. The van der Waals surface area contributed by atoms with Gasteiger partial charge in [0.25, 0.3) is 0 Å². The third-order valence-electron chi connectivity index (χ3n) is 3.27. The molecule has 2 nitrogen and oxygen atoms in total. The lowest BCUT2D eigenvalue weighted by Gasteiger charge is -2.27. The van der Waals surface area contributed by atoms with Gasteiger partial charge in [0.1, 0.15) is 0 Å². The van der Waals surface area contributed by atoms with Gasteiger partial charge in [-0.05, 0) is 37.5 Å². The summed E-state index contributed by atoms with van der Waals surface area (Å²) in [4.78, 5) is 13.5. The summed E-state index contributed by atoms with van der Waals surface area (Å²) in [6.45, 7) is 3.28. The lowest BCUT2D eigenvalue weighted by atomic mass is 10.1. The van der Waals surface area contributed by atoms with Crippen LogP contribution in [0.3, 0.4) is 0 Å². The van der Waals surface area contributed by atoms with E-state index in [0.717, 1.165) is 35.0 Å². The van der Waals surface area contributed by atoms with Gasteiger partial charge in [-0.25, -0.2) is 0 Å². The Morgan fingerprint density at radius 3 is 3.06 bits per heavy atom. The Balaban J connectivity index is 2.35. The van der Waals surface area contributed by atoms with Gasteiger partial charge < -0.3 is 4.90 Å². The highest BCUT2D eigenvalue weighted by molar-refractivity contribution is 9.10. The van der Waals surface area contributed by atoms with Gasteiger partial charge in [-0.3, -0.25) is 4.79 Å². The van der Waals surface area contributed by atoms with Crippen molar-refractivity contribution in [2.24, 2.45) is 0 Å². The number of nitrogens with zero attached hydrogens (tertiary/aromatic N) is 1. The molecule has 86 valence electrons. The number of halogens is 1. The molecule has 1 heterocycles. The van der Waals surface area contributed by atoms with E-state index in [1.165, 1.54) is 12.8 Å². The smallest absolute Gasteiger partial charge is 0.152 e. The van der Waals surface area contributed by atoms with E-state index in [-0.39, 0.29) is 0 Å². The monoisotopic (exact) mass is 281 g/mol. The maximum Gasteiger partial charge on any atom is 0.152 e. The summed E-state index contributed by atoms with van der Waals surface area (Å²) in [7, 11) is 0. The molecule has 0 aliphatic carbocycles. The molecule has 0 radical (unpaired) electrons. The fraction of sp³-hybridized carbons (Fsp3) is 0.462. The van der Waals surface area contributed by atoms with E-state index < -0.39 is 0 Å². The van der Waals surface area contributed by atoms with Gasteiger partial charge in [0.15, 0.2) is 6.29 Å². The lowest BCUT2D eigenvalue weighted by molar-refractivity contribution is 0.112. The van der Waals surface area contributed by atoms with Gasteiger partial charge >= 0.3 is 0 Å². The minimum atomic E-state index is 0.597. The van der Waals surface area contributed by atoms with E-state index in [0.29, 0.717) is 6.04 Å². The highest BCUT2D eigenvalue weighted by atomic mass is 79.9. The van der Waals surface area contributed by atoms with Crippen molar-refractivity contribution in [3.8, 4) is 0 Å². The van der Waals surface area contributed by atoms with Crippen molar-refractivity contribution < 1.29 is 4.79 Å². The van der Waals surface area contributed by atoms with Crippen LogP contribution >= 0.6 is 15.9 Å². The predicted molar refractivity (Wildman–Crippen MR) is 70.2 cm³/mol.